The maximum absolute atomic E-state index is 6.40. The van der Waals surface area contributed by atoms with Crippen LogP contribution in [-0.4, -0.2) is 0 Å². The highest BCUT2D eigenvalue weighted by Gasteiger charge is 2.13. The van der Waals surface area contributed by atoms with E-state index in [4.69, 9.17) is 5.73 Å². The number of halogens is 1. The molecular weight excluding hydrogens is 345 g/mol. The van der Waals surface area contributed by atoms with Gasteiger partial charge in [0.2, 0.25) is 0 Å². The van der Waals surface area contributed by atoms with Crippen molar-refractivity contribution in [1.82, 2.24) is 0 Å². The molecule has 0 amide bonds. The summed E-state index contributed by atoms with van der Waals surface area (Å²) in [5.41, 5.74) is 13.0. The third kappa shape index (κ3) is 3.37. The summed E-state index contributed by atoms with van der Waals surface area (Å²) >= 11 is 2.36. The minimum absolute atomic E-state index is 0.0632. The van der Waals surface area contributed by atoms with E-state index in [9.17, 15) is 0 Å². The van der Waals surface area contributed by atoms with Crippen molar-refractivity contribution in [2.24, 2.45) is 5.73 Å². The SMILES string of the molecule is Cc1cc(C)c(CC(N)c2ccccc2I)c(C)c1. The molecule has 0 saturated carbocycles. The normalized spacial score (nSPS) is 12.5. The first-order chi connectivity index (χ1) is 8.99. The summed E-state index contributed by atoms with van der Waals surface area (Å²) in [4.78, 5) is 0. The Kier molecular flexibility index (Phi) is 4.63. The van der Waals surface area contributed by atoms with Crippen molar-refractivity contribution < 1.29 is 0 Å². The number of hydrogen-bond donors (Lipinski definition) is 1. The lowest BCUT2D eigenvalue weighted by Gasteiger charge is -2.18. The molecule has 0 saturated heterocycles. The van der Waals surface area contributed by atoms with Crippen LogP contribution in [0.4, 0.5) is 0 Å². The summed E-state index contributed by atoms with van der Waals surface area (Å²) in [6.07, 6.45) is 0.901. The predicted molar refractivity (Wildman–Crippen MR) is 90.4 cm³/mol. The Morgan fingerprint density at radius 3 is 2.21 bits per heavy atom. The topological polar surface area (TPSA) is 26.0 Å². The van der Waals surface area contributed by atoms with Crippen molar-refractivity contribution in [3.63, 3.8) is 0 Å². The van der Waals surface area contributed by atoms with Gasteiger partial charge in [0.15, 0.2) is 0 Å². The highest BCUT2D eigenvalue weighted by atomic mass is 127. The second kappa shape index (κ2) is 6.06. The fourth-order valence-corrected chi connectivity index (χ4v) is 3.42. The predicted octanol–water partition coefficient (Wildman–Crippen LogP) is 4.46. The van der Waals surface area contributed by atoms with E-state index in [1.165, 1.54) is 31.4 Å². The second-order valence-corrected chi connectivity index (χ2v) is 6.37. The summed E-state index contributed by atoms with van der Waals surface area (Å²) in [5, 5.41) is 0. The molecule has 0 spiro atoms. The molecule has 19 heavy (non-hydrogen) atoms. The molecule has 100 valence electrons. The smallest absolute Gasteiger partial charge is 0.0346 e. The second-order valence-electron chi connectivity index (χ2n) is 5.21. The van der Waals surface area contributed by atoms with Gasteiger partial charge in [-0.25, -0.2) is 0 Å². The fourth-order valence-electron chi connectivity index (χ4n) is 2.64. The van der Waals surface area contributed by atoms with Gasteiger partial charge >= 0.3 is 0 Å². The molecule has 0 aliphatic rings. The van der Waals surface area contributed by atoms with Gasteiger partial charge in [-0.05, 0) is 78.1 Å². The molecule has 2 aromatic rings. The lowest BCUT2D eigenvalue weighted by atomic mass is 9.92. The quantitative estimate of drug-likeness (QED) is 0.799. The van der Waals surface area contributed by atoms with E-state index < -0.39 is 0 Å². The zero-order valence-corrected chi connectivity index (χ0v) is 13.9. The Labute approximate surface area is 129 Å². The van der Waals surface area contributed by atoms with Crippen molar-refractivity contribution >= 4 is 22.6 Å². The lowest BCUT2D eigenvalue weighted by Crippen LogP contribution is -2.16. The largest absolute Gasteiger partial charge is 0.324 e. The third-order valence-corrected chi connectivity index (χ3v) is 4.55. The van der Waals surface area contributed by atoms with E-state index in [0.29, 0.717) is 0 Å². The van der Waals surface area contributed by atoms with Gasteiger partial charge in [0.05, 0.1) is 0 Å². The molecule has 0 aliphatic heterocycles. The van der Waals surface area contributed by atoms with Gasteiger partial charge in [-0.15, -0.1) is 0 Å². The van der Waals surface area contributed by atoms with Crippen molar-refractivity contribution in [2.75, 3.05) is 0 Å². The Balaban J connectivity index is 2.29. The summed E-state index contributed by atoms with van der Waals surface area (Å²) < 4.78 is 1.25. The molecular formula is C17H20IN. The van der Waals surface area contributed by atoms with Gasteiger partial charge in [-0.2, -0.15) is 0 Å². The van der Waals surface area contributed by atoms with E-state index >= 15 is 0 Å². The maximum atomic E-state index is 6.40. The van der Waals surface area contributed by atoms with Crippen LogP contribution in [0.15, 0.2) is 36.4 Å². The van der Waals surface area contributed by atoms with Crippen molar-refractivity contribution in [1.29, 1.82) is 0 Å². The highest BCUT2D eigenvalue weighted by Crippen LogP contribution is 2.25. The number of rotatable bonds is 3. The number of aryl methyl sites for hydroxylation is 3. The molecule has 0 aliphatic carbocycles. The monoisotopic (exact) mass is 365 g/mol. The van der Waals surface area contributed by atoms with Crippen LogP contribution in [0.3, 0.4) is 0 Å². The van der Waals surface area contributed by atoms with Crippen molar-refractivity contribution in [2.45, 2.75) is 33.2 Å². The van der Waals surface area contributed by atoms with E-state index in [-0.39, 0.29) is 6.04 Å². The van der Waals surface area contributed by atoms with E-state index in [2.05, 4.69) is 79.8 Å². The van der Waals surface area contributed by atoms with Gasteiger partial charge in [-0.3, -0.25) is 0 Å². The fraction of sp³-hybridized carbons (Fsp3) is 0.294. The van der Waals surface area contributed by atoms with E-state index in [1.54, 1.807) is 0 Å². The van der Waals surface area contributed by atoms with Crippen LogP contribution in [0, 0.1) is 24.3 Å². The number of hydrogen-bond acceptors (Lipinski definition) is 1. The van der Waals surface area contributed by atoms with Crippen LogP contribution >= 0.6 is 22.6 Å². The summed E-state index contributed by atoms with van der Waals surface area (Å²) in [6, 6.07) is 12.9. The Morgan fingerprint density at radius 2 is 1.63 bits per heavy atom. The van der Waals surface area contributed by atoms with Crippen LogP contribution < -0.4 is 5.73 Å². The van der Waals surface area contributed by atoms with Gasteiger partial charge in [0, 0.05) is 9.61 Å². The minimum Gasteiger partial charge on any atom is -0.324 e. The van der Waals surface area contributed by atoms with Crippen LogP contribution in [0.2, 0.25) is 0 Å². The number of nitrogens with two attached hydrogens (primary N) is 1. The van der Waals surface area contributed by atoms with E-state index in [0.717, 1.165) is 6.42 Å². The van der Waals surface area contributed by atoms with E-state index in [1.807, 2.05) is 0 Å². The minimum atomic E-state index is 0.0632. The first-order valence-corrected chi connectivity index (χ1v) is 7.63. The van der Waals surface area contributed by atoms with Gasteiger partial charge in [0.25, 0.3) is 0 Å². The average Bonchev–Trinajstić information content (AvgIpc) is 2.34. The third-order valence-electron chi connectivity index (χ3n) is 3.57. The zero-order chi connectivity index (χ0) is 14.0. The molecule has 0 aromatic heterocycles. The molecule has 1 atom stereocenters. The van der Waals surface area contributed by atoms with Gasteiger partial charge in [-0.1, -0.05) is 35.9 Å². The van der Waals surface area contributed by atoms with Crippen LogP contribution in [0.1, 0.15) is 33.9 Å². The van der Waals surface area contributed by atoms with Crippen LogP contribution in [-0.2, 0) is 6.42 Å². The molecule has 2 N–H and O–H groups in total. The molecule has 0 radical (unpaired) electrons. The van der Waals surface area contributed by atoms with Gasteiger partial charge < -0.3 is 5.73 Å². The molecule has 0 fully saturated rings. The Hall–Kier alpha value is -0.870. The summed E-state index contributed by atoms with van der Waals surface area (Å²) in [7, 11) is 0. The standard InChI is InChI=1S/C17H20IN/c1-11-8-12(2)15(13(3)9-11)10-17(19)14-6-4-5-7-16(14)18/h4-9,17H,10,19H2,1-3H3. The molecule has 1 nitrogen and oxygen atoms in total. The van der Waals surface area contributed by atoms with Crippen molar-refractivity contribution in [3.8, 4) is 0 Å². The molecule has 0 heterocycles. The highest BCUT2D eigenvalue weighted by molar-refractivity contribution is 14.1. The average molecular weight is 365 g/mol. The molecule has 2 rings (SSSR count). The molecule has 2 aromatic carbocycles. The summed E-state index contributed by atoms with van der Waals surface area (Å²) in [5.74, 6) is 0. The Morgan fingerprint density at radius 1 is 1.05 bits per heavy atom. The van der Waals surface area contributed by atoms with Crippen LogP contribution in [0.5, 0.6) is 0 Å². The summed E-state index contributed by atoms with van der Waals surface area (Å²) in [6.45, 7) is 6.50. The van der Waals surface area contributed by atoms with Gasteiger partial charge in [0.1, 0.15) is 0 Å². The van der Waals surface area contributed by atoms with Crippen molar-refractivity contribution in [3.05, 3.63) is 67.8 Å². The Bertz CT molecular complexity index is 567. The first-order valence-electron chi connectivity index (χ1n) is 6.55. The zero-order valence-electron chi connectivity index (χ0n) is 11.7. The lowest BCUT2D eigenvalue weighted by molar-refractivity contribution is 0.711. The molecule has 2 heteroatoms. The first kappa shape index (κ1) is 14.5. The molecule has 0 bridgehead atoms. The molecule has 1 unspecified atom stereocenters. The van der Waals surface area contributed by atoms with Crippen LogP contribution in [0.25, 0.3) is 0 Å². The maximum Gasteiger partial charge on any atom is 0.0346 e. The number of benzene rings is 2.